The van der Waals surface area contributed by atoms with Crippen molar-refractivity contribution in [1.82, 2.24) is 14.9 Å². The Bertz CT molecular complexity index is 898. The standard InChI is InChI=1S/C17H16N4O3/c1-12(14-8-4-6-13-5-2-3-7-15(13)14)19-17(22)10-20-9-16(18-11-20)21(23)24/h2-9,11-12H,10H2,1H3,(H,19,22). The fraction of sp³-hybridized carbons (Fsp3) is 0.176. The molecule has 1 N–H and O–H groups in total. The molecule has 3 aromatic rings. The Balaban J connectivity index is 1.72. The maximum Gasteiger partial charge on any atom is 0.381 e. The molecule has 7 nitrogen and oxygen atoms in total. The van der Waals surface area contributed by atoms with Crippen LogP contribution in [-0.2, 0) is 11.3 Å². The van der Waals surface area contributed by atoms with Crippen molar-refractivity contribution in [1.29, 1.82) is 0 Å². The summed E-state index contributed by atoms with van der Waals surface area (Å²) in [6.07, 6.45) is 2.52. The molecule has 2 aromatic carbocycles. The van der Waals surface area contributed by atoms with Crippen molar-refractivity contribution < 1.29 is 9.72 Å². The topological polar surface area (TPSA) is 90.1 Å². The molecule has 0 saturated heterocycles. The van der Waals surface area contributed by atoms with Gasteiger partial charge in [0, 0.05) is 0 Å². The van der Waals surface area contributed by atoms with Crippen molar-refractivity contribution >= 4 is 22.5 Å². The van der Waals surface area contributed by atoms with Crippen molar-refractivity contribution in [2.75, 3.05) is 0 Å². The third-order valence-corrected chi connectivity index (χ3v) is 3.80. The third-order valence-electron chi connectivity index (χ3n) is 3.80. The van der Waals surface area contributed by atoms with Gasteiger partial charge in [0.25, 0.3) is 0 Å². The van der Waals surface area contributed by atoms with Gasteiger partial charge in [-0.15, -0.1) is 0 Å². The van der Waals surface area contributed by atoms with Crippen LogP contribution < -0.4 is 5.32 Å². The fourth-order valence-corrected chi connectivity index (χ4v) is 2.69. The predicted octanol–water partition coefficient (Wildman–Crippen LogP) is 2.82. The van der Waals surface area contributed by atoms with E-state index in [0.29, 0.717) is 0 Å². The number of nitrogens with one attached hydrogen (secondary N) is 1. The second kappa shape index (κ2) is 6.49. The summed E-state index contributed by atoms with van der Waals surface area (Å²) < 4.78 is 1.39. The summed E-state index contributed by atoms with van der Waals surface area (Å²) in [4.78, 5) is 25.8. The monoisotopic (exact) mass is 324 g/mol. The Labute approximate surface area is 138 Å². The van der Waals surface area contributed by atoms with E-state index in [2.05, 4.69) is 10.3 Å². The van der Waals surface area contributed by atoms with E-state index in [1.165, 1.54) is 17.1 Å². The Morgan fingerprint density at radius 3 is 2.79 bits per heavy atom. The number of rotatable bonds is 5. The van der Waals surface area contributed by atoms with E-state index in [9.17, 15) is 14.9 Å². The highest BCUT2D eigenvalue weighted by Crippen LogP contribution is 2.24. The van der Waals surface area contributed by atoms with Crippen molar-refractivity contribution in [3.63, 3.8) is 0 Å². The molecule has 0 aliphatic heterocycles. The normalized spacial score (nSPS) is 12.0. The molecule has 24 heavy (non-hydrogen) atoms. The first-order valence-electron chi connectivity index (χ1n) is 7.48. The van der Waals surface area contributed by atoms with Gasteiger partial charge in [0.1, 0.15) is 12.7 Å². The maximum absolute atomic E-state index is 12.2. The molecule has 0 aliphatic carbocycles. The number of hydrogen-bond acceptors (Lipinski definition) is 4. The molecule has 0 fully saturated rings. The third kappa shape index (κ3) is 3.24. The number of carbonyl (C=O) groups is 1. The molecule has 0 spiro atoms. The summed E-state index contributed by atoms with van der Waals surface area (Å²) in [6.45, 7) is 1.89. The van der Waals surface area contributed by atoms with E-state index >= 15 is 0 Å². The van der Waals surface area contributed by atoms with Gasteiger partial charge >= 0.3 is 5.82 Å². The summed E-state index contributed by atoms with van der Waals surface area (Å²) in [5, 5.41) is 15.7. The van der Waals surface area contributed by atoms with Crippen LogP contribution in [0.4, 0.5) is 5.82 Å². The molecule has 7 heteroatoms. The summed E-state index contributed by atoms with van der Waals surface area (Å²) in [6, 6.07) is 13.8. The smallest absolute Gasteiger partial charge is 0.358 e. The lowest BCUT2D eigenvalue weighted by Gasteiger charge is -2.16. The van der Waals surface area contributed by atoms with Crippen LogP contribution in [-0.4, -0.2) is 20.4 Å². The van der Waals surface area contributed by atoms with E-state index in [4.69, 9.17) is 0 Å². The number of carbonyl (C=O) groups excluding carboxylic acids is 1. The summed E-state index contributed by atoms with van der Waals surface area (Å²) >= 11 is 0. The van der Waals surface area contributed by atoms with E-state index in [-0.39, 0.29) is 24.3 Å². The summed E-state index contributed by atoms with van der Waals surface area (Å²) in [7, 11) is 0. The van der Waals surface area contributed by atoms with Gasteiger partial charge in [0.15, 0.2) is 0 Å². The minimum Gasteiger partial charge on any atom is -0.358 e. The summed E-state index contributed by atoms with van der Waals surface area (Å²) in [5.41, 5.74) is 1.03. The first-order chi connectivity index (χ1) is 11.5. The fourth-order valence-electron chi connectivity index (χ4n) is 2.69. The van der Waals surface area contributed by atoms with Gasteiger partial charge in [-0.3, -0.25) is 4.79 Å². The van der Waals surface area contributed by atoms with E-state index in [0.717, 1.165) is 16.3 Å². The number of fused-ring (bicyclic) bond motifs is 1. The van der Waals surface area contributed by atoms with Crippen LogP contribution in [0.3, 0.4) is 0 Å². The quantitative estimate of drug-likeness (QED) is 0.577. The lowest BCUT2D eigenvalue weighted by molar-refractivity contribution is -0.389. The van der Waals surface area contributed by atoms with Gasteiger partial charge in [-0.25, -0.2) is 0 Å². The second-order valence-electron chi connectivity index (χ2n) is 5.52. The summed E-state index contributed by atoms with van der Waals surface area (Å²) in [5.74, 6) is -0.507. The number of nitro groups is 1. The van der Waals surface area contributed by atoms with Crippen LogP contribution in [0.15, 0.2) is 55.0 Å². The Kier molecular flexibility index (Phi) is 4.24. The van der Waals surface area contributed by atoms with E-state index in [1.54, 1.807) is 0 Å². The highest BCUT2D eigenvalue weighted by Gasteiger charge is 2.15. The Hall–Kier alpha value is -3.22. The zero-order chi connectivity index (χ0) is 17.1. The van der Waals surface area contributed by atoms with Gasteiger partial charge in [0.2, 0.25) is 12.2 Å². The number of imidazole rings is 1. The lowest BCUT2D eigenvalue weighted by atomic mass is 10.00. The minimum absolute atomic E-state index is 0.0179. The predicted molar refractivity (Wildman–Crippen MR) is 89.4 cm³/mol. The van der Waals surface area contributed by atoms with E-state index in [1.807, 2.05) is 49.4 Å². The van der Waals surface area contributed by atoms with Crippen LogP contribution in [0.1, 0.15) is 18.5 Å². The average Bonchev–Trinajstić information content (AvgIpc) is 3.02. The molecule has 0 saturated carbocycles. The molecular formula is C17H16N4O3. The molecule has 0 radical (unpaired) electrons. The molecule has 0 bridgehead atoms. The SMILES string of the molecule is CC(NC(=O)Cn1cnc([N+](=O)[O-])c1)c1cccc2ccccc12. The van der Waals surface area contributed by atoms with E-state index < -0.39 is 4.92 Å². The molecule has 1 heterocycles. The van der Waals surface area contributed by atoms with Crippen LogP contribution in [0.25, 0.3) is 10.8 Å². The minimum atomic E-state index is -0.590. The van der Waals surface area contributed by atoms with Crippen molar-refractivity contribution in [3.8, 4) is 0 Å². The van der Waals surface area contributed by atoms with Crippen LogP contribution in [0.5, 0.6) is 0 Å². The molecule has 1 aromatic heterocycles. The number of amides is 1. The maximum atomic E-state index is 12.2. The average molecular weight is 324 g/mol. The molecular weight excluding hydrogens is 308 g/mol. The number of aromatic nitrogens is 2. The van der Waals surface area contributed by atoms with Gasteiger partial charge in [-0.1, -0.05) is 42.5 Å². The molecule has 122 valence electrons. The molecule has 0 aliphatic rings. The largest absolute Gasteiger partial charge is 0.381 e. The number of benzene rings is 2. The number of nitrogens with zero attached hydrogens (tertiary/aromatic N) is 3. The second-order valence-corrected chi connectivity index (χ2v) is 5.52. The zero-order valence-electron chi connectivity index (χ0n) is 13.0. The van der Waals surface area contributed by atoms with Crippen molar-refractivity contribution in [2.24, 2.45) is 0 Å². The highest BCUT2D eigenvalue weighted by molar-refractivity contribution is 5.86. The zero-order valence-corrected chi connectivity index (χ0v) is 13.0. The Morgan fingerprint density at radius 2 is 2.04 bits per heavy atom. The van der Waals surface area contributed by atoms with Crippen LogP contribution in [0, 0.1) is 10.1 Å². The lowest BCUT2D eigenvalue weighted by Crippen LogP contribution is -2.29. The van der Waals surface area contributed by atoms with Gasteiger partial charge in [-0.2, -0.15) is 0 Å². The van der Waals surface area contributed by atoms with Crippen molar-refractivity contribution in [2.45, 2.75) is 19.5 Å². The molecule has 1 unspecified atom stereocenters. The van der Waals surface area contributed by atoms with Gasteiger partial charge in [-0.05, 0) is 33.2 Å². The Morgan fingerprint density at radius 1 is 1.29 bits per heavy atom. The van der Waals surface area contributed by atoms with Crippen LogP contribution in [0.2, 0.25) is 0 Å². The number of hydrogen-bond donors (Lipinski definition) is 1. The van der Waals surface area contributed by atoms with Crippen molar-refractivity contribution in [3.05, 3.63) is 70.7 Å². The highest BCUT2D eigenvalue weighted by atomic mass is 16.6. The van der Waals surface area contributed by atoms with Gasteiger partial charge < -0.3 is 20.0 Å². The van der Waals surface area contributed by atoms with Crippen LogP contribution >= 0.6 is 0 Å². The molecule has 1 atom stereocenters. The first-order valence-corrected chi connectivity index (χ1v) is 7.48. The van der Waals surface area contributed by atoms with Gasteiger partial charge in [0.05, 0.1) is 6.04 Å². The first kappa shape index (κ1) is 15.7. The molecule has 3 rings (SSSR count). The molecule has 1 amide bonds.